The standard InChI is InChI=1S/C28H26F3N5/c1-14-15-4-6-16(7-5-15)24(14)34-28-23(31)22(17-8-9-36(3)13-17)27(32-2)26(35-28)20-12-33-25-19(20)10-18(29)11-21(25)30/h8-16,24,33H,4-7H2,1,3H3,(H,34,35). The number of aromatic nitrogens is 3. The predicted octanol–water partition coefficient (Wildman–Crippen LogP) is 7.44. The van der Waals surface area contributed by atoms with Gasteiger partial charge in [-0.1, -0.05) is 6.92 Å². The summed E-state index contributed by atoms with van der Waals surface area (Å²) in [6.45, 7) is 10.1. The molecule has 3 fully saturated rings. The van der Waals surface area contributed by atoms with Crippen LogP contribution >= 0.6 is 0 Å². The first-order valence-electron chi connectivity index (χ1n) is 12.3. The molecular weight excluding hydrogens is 463 g/mol. The Morgan fingerprint density at radius 3 is 2.56 bits per heavy atom. The van der Waals surface area contributed by atoms with Crippen molar-refractivity contribution in [3.05, 3.63) is 65.7 Å². The number of halogens is 3. The number of rotatable bonds is 4. The van der Waals surface area contributed by atoms with Gasteiger partial charge < -0.3 is 14.9 Å². The Morgan fingerprint density at radius 2 is 1.89 bits per heavy atom. The van der Waals surface area contributed by atoms with E-state index in [1.807, 2.05) is 7.05 Å². The van der Waals surface area contributed by atoms with Gasteiger partial charge in [0.05, 0.1) is 17.8 Å². The second-order valence-electron chi connectivity index (χ2n) is 10.2. The SMILES string of the molecule is [C-]#[N+]c1c(-c2c[nH]c3c(F)cc(F)cc23)nc(NC2C3CCC(CC3)C2C)c(F)c1-c1ccn(C)c1. The highest BCUT2D eigenvalue weighted by atomic mass is 19.1. The van der Waals surface area contributed by atoms with Crippen LogP contribution in [0.4, 0.5) is 24.7 Å². The lowest BCUT2D eigenvalue weighted by atomic mass is 9.62. The number of pyridine rings is 1. The molecule has 0 amide bonds. The third-order valence-electron chi connectivity index (χ3n) is 8.24. The van der Waals surface area contributed by atoms with Crippen LogP contribution in [0.1, 0.15) is 32.6 Å². The lowest BCUT2D eigenvalue weighted by Crippen LogP contribution is -2.47. The largest absolute Gasteiger partial charge is 0.364 e. The molecule has 3 saturated carbocycles. The molecule has 4 aromatic rings. The third-order valence-corrected chi connectivity index (χ3v) is 8.24. The molecule has 184 valence electrons. The number of benzene rings is 1. The molecule has 2 atom stereocenters. The smallest absolute Gasteiger partial charge is 0.223 e. The molecule has 36 heavy (non-hydrogen) atoms. The maximum Gasteiger partial charge on any atom is 0.223 e. The molecule has 3 aromatic heterocycles. The van der Waals surface area contributed by atoms with Crippen LogP contribution in [0, 0.1) is 41.8 Å². The number of nitrogens with one attached hydrogen (secondary N) is 2. The van der Waals surface area contributed by atoms with Crippen LogP contribution in [-0.2, 0) is 7.05 Å². The molecule has 3 heterocycles. The van der Waals surface area contributed by atoms with E-state index >= 15 is 4.39 Å². The summed E-state index contributed by atoms with van der Waals surface area (Å²) in [4.78, 5) is 11.1. The molecule has 8 heteroatoms. The number of hydrogen-bond acceptors (Lipinski definition) is 2. The minimum absolute atomic E-state index is 0.00744. The molecule has 2 N–H and O–H groups in total. The van der Waals surface area contributed by atoms with Crippen LogP contribution in [-0.4, -0.2) is 20.6 Å². The molecule has 0 spiro atoms. The van der Waals surface area contributed by atoms with E-state index < -0.39 is 17.5 Å². The van der Waals surface area contributed by atoms with Crippen LogP contribution < -0.4 is 5.32 Å². The van der Waals surface area contributed by atoms with E-state index in [-0.39, 0.29) is 39.7 Å². The van der Waals surface area contributed by atoms with E-state index in [0.29, 0.717) is 28.9 Å². The Labute approximate surface area is 207 Å². The number of hydrogen-bond donors (Lipinski definition) is 2. The fraction of sp³-hybridized carbons (Fsp3) is 0.357. The molecular formula is C28H26F3N5. The Hall–Kier alpha value is -3.73. The van der Waals surface area contributed by atoms with E-state index in [4.69, 9.17) is 6.57 Å². The van der Waals surface area contributed by atoms with Gasteiger partial charge in [-0.2, -0.15) is 0 Å². The molecule has 2 unspecified atom stereocenters. The van der Waals surface area contributed by atoms with E-state index in [0.717, 1.165) is 18.9 Å². The first-order valence-corrected chi connectivity index (χ1v) is 12.3. The predicted molar refractivity (Wildman–Crippen MR) is 134 cm³/mol. The second-order valence-corrected chi connectivity index (χ2v) is 10.2. The van der Waals surface area contributed by atoms with Gasteiger partial charge in [-0.05, 0) is 61.1 Å². The number of aromatic amines is 1. The maximum atomic E-state index is 16.2. The molecule has 1 aromatic carbocycles. The summed E-state index contributed by atoms with van der Waals surface area (Å²) in [7, 11) is 1.83. The Kier molecular flexibility index (Phi) is 5.32. The van der Waals surface area contributed by atoms with E-state index in [9.17, 15) is 8.78 Å². The van der Waals surface area contributed by atoms with Crippen LogP contribution in [0.5, 0.6) is 0 Å². The lowest BCUT2D eigenvalue weighted by Gasteiger charge is -2.47. The highest BCUT2D eigenvalue weighted by Gasteiger charge is 2.42. The van der Waals surface area contributed by atoms with Crippen molar-refractivity contribution in [2.24, 2.45) is 24.8 Å². The zero-order chi connectivity index (χ0) is 25.1. The summed E-state index contributed by atoms with van der Waals surface area (Å²) in [6.07, 6.45) is 9.65. The number of aryl methyl sites for hydroxylation is 1. The average molecular weight is 490 g/mol. The van der Waals surface area contributed by atoms with Crippen LogP contribution in [0.15, 0.2) is 36.8 Å². The number of fused-ring (bicyclic) bond motifs is 4. The number of nitrogens with zero attached hydrogens (tertiary/aromatic N) is 3. The van der Waals surface area contributed by atoms with Crippen molar-refractivity contribution >= 4 is 22.4 Å². The first-order chi connectivity index (χ1) is 17.4. The average Bonchev–Trinajstić information content (AvgIpc) is 3.48. The van der Waals surface area contributed by atoms with E-state index in [1.165, 1.54) is 25.1 Å². The van der Waals surface area contributed by atoms with Crippen molar-refractivity contribution in [2.45, 2.75) is 38.6 Å². The van der Waals surface area contributed by atoms with Gasteiger partial charge in [0, 0.05) is 54.3 Å². The molecule has 3 aliphatic rings. The lowest BCUT2D eigenvalue weighted by molar-refractivity contribution is 0.0926. The van der Waals surface area contributed by atoms with Crippen molar-refractivity contribution in [2.75, 3.05) is 5.32 Å². The Bertz CT molecular complexity index is 1520. The number of H-pyrrole nitrogens is 1. The number of anilines is 1. The molecule has 0 aliphatic heterocycles. The van der Waals surface area contributed by atoms with Gasteiger partial charge in [-0.15, -0.1) is 0 Å². The summed E-state index contributed by atoms with van der Waals surface area (Å²) in [5, 5.41) is 3.67. The normalized spacial score (nSPS) is 23.2. The van der Waals surface area contributed by atoms with Crippen molar-refractivity contribution < 1.29 is 13.2 Å². The first kappa shape index (κ1) is 22.7. The zero-order valence-electron chi connectivity index (χ0n) is 20.1. The summed E-state index contributed by atoms with van der Waals surface area (Å²) in [6, 6.07) is 3.84. The summed E-state index contributed by atoms with van der Waals surface area (Å²) in [5.41, 5.74) is 1.35. The second kappa shape index (κ2) is 8.44. The fourth-order valence-electron chi connectivity index (χ4n) is 6.37. The summed E-state index contributed by atoms with van der Waals surface area (Å²) >= 11 is 0. The van der Waals surface area contributed by atoms with Gasteiger partial charge in [0.2, 0.25) is 5.69 Å². The maximum absolute atomic E-state index is 16.2. The van der Waals surface area contributed by atoms with Gasteiger partial charge in [-0.25, -0.2) is 23.0 Å². The molecule has 0 radical (unpaired) electrons. The van der Waals surface area contributed by atoms with Crippen LogP contribution in [0.2, 0.25) is 0 Å². The fourth-order valence-corrected chi connectivity index (χ4v) is 6.37. The van der Waals surface area contributed by atoms with Crippen molar-refractivity contribution in [3.8, 4) is 22.4 Å². The Balaban J connectivity index is 1.58. The van der Waals surface area contributed by atoms with E-state index in [1.54, 1.807) is 23.0 Å². The van der Waals surface area contributed by atoms with Crippen molar-refractivity contribution in [1.29, 1.82) is 0 Å². The van der Waals surface area contributed by atoms with Crippen molar-refractivity contribution in [1.82, 2.24) is 14.5 Å². The third kappa shape index (κ3) is 3.48. The summed E-state index contributed by atoms with van der Waals surface area (Å²) in [5.74, 6) is -0.567. The molecule has 0 saturated heterocycles. The van der Waals surface area contributed by atoms with Gasteiger partial charge in [0.15, 0.2) is 11.6 Å². The summed E-state index contributed by atoms with van der Waals surface area (Å²) < 4.78 is 46.6. The van der Waals surface area contributed by atoms with Gasteiger partial charge >= 0.3 is 0 Å². The molecule has 3 aliphatic carbocycles. The van der Waals surface area contributed by atoms with Gasteiger partial charge in [0.25, 0.3) is 0 Å². The van der Waals surface area contributed by atoms with Crippen molar-refractivity contribution in [3.63, 3.8) is 0 Å². The minimum atomic E-state index is -0.739. The molecule has 5 nitrogen and oxygen atoms in total. The monoisotopic (exact) mass is 489 g/mol. The topological polar surface area (TPSA) is 50.0 Å². The zero-order valence-corrected chi connectivity index (χ0v) is 20.1. The van der Waals surface area contributed by atoms with E-state index in [2.05, 4.69) is 27.1 Å². The Morgan fingerprint density at radius 1 is 1.14 bits per heavy atom. The highest BCUT2D eigenvalue weighted by Crippen LogP contribution is 2.48. The van der Waals surface area contributed by atoms with Gasteiger partial charge in [0.1, 0.15) is 11.6 Å². The quantitative estimate of drug-likeness (QED) is 0.293. The van der Waals surface area contributed by atoms with Gasteiger partial charge in [-0.3, -0.25) is 0 Å². The van der Waals surface area contributed by atoms with Crippen LogP contribution in [0.3, 0.4) is 0 Å². The highest BCUT2D eigenvalue weighted by molar-refractivity contribution is 6.01. The molecule has 7 rings (SSSR count). The van der Waals surface area contributed by atoms with Crippen LogP contribution in [0.25, 0.3) is 38.1 Å². The minimum Gasteiger partial charge on any atom is -0.364 e. The molecule has 2 bridgehead atoms.